The number of imide groups is 2. The number of aryl methyl sites for hydroxylation is 1. The fourth-order valence-electron chi connectivity index (χ4n) is 2.88. The van der Waals surface area contributed by atoms with Crippen LogP contribution in [0.25, 0.3) is 0 Å². The number of piperidine rings is 1. The summed E-state index contributed by atoms with van der Waals surface area (Å²) in [6.07, 6.45) is 0.938. The van der Waals surface area contributed by atoms with Gasteiger partial charge in [-0.15, -0.1) is 0 Å². The van der Waals surface area contributed by atoms with Gasteiger partial charge in [-0.05, 0) is 24.5 Å². The topological polar surface area (TPSA) is 83.6 Å². The quantitative estimate of drug-likeness (QED) is 0.841. The molecule has 6 nitrogen and oxygen atoms in total. The Bertz CT molecular complexity index is 681. The highest BCUT2D eigenvalue weighted by Crippen LogP contribution is 2.29. The second-order valence-electron chi connectivity index (χ2n) is 5.14. The molecule has 6 heteroatoms. The van der Waals surface area contributed by atoms with E-state index < -0.39 is 23.8 Å². The van der Waals surface area contributed by atoms with Crippen LogP contribution in [0, 0.1) is 0 Å². The number of fused-ring (bicyclic) bond motifs is 1. The number of nitrogens with zero attached hydrogens (tertiary/aromatic N) is 1. The molecule has 1 saturated heterocycles. The number of nitrogens with one attached hydrogen (secondary N) is 1. The van der Waals surface area contributed by atoms with E-state index in [2.05, 4.69) is 5.32 Å². The van der Waals surface area contributed by atoms with Crippen LogP contribution in [-0.4, -0.2) is 34.6 Å². The fraction of sp³-hybridized carbons (Fsp3) is 0.412. The summed E-state index contributed by atoms with van der Waals surface area (Å²) in [5.74, 6) is -1.86. The number of carbonyl (C=O) groups is 4. The van der Waals surface area contributed by atoms with Crippen LogP contribution in [0.5, 0.6) is 0 Å². The maximum atomic E-state index is 12.6. The van der Waals surface area contributed by atoms with Crippen molar-refractivity contribution in [1.82, 2.24) is 10.2 Å². The lowest BCUT2D eigenvalue weighted by Gasteiger charge is -2.27. The zero-order chi connectivity index (χ0) is 17.1. The van der Waals surface area contributed by atoms with Crippen molar-refractivity contribution in [3.63, 3.8) is 0 Å². The van der Waals surface area contributed by atoms with Crippen LogP contribution in [-0.2, 0) is 16.0 Å². The van der Waals surface area contributed by atoms with Crippen molar-refractivity contribution in [3.05, 3.63) is 34.9 Å². The molecule has 0 radical (unpaired) electrons. The fourth-order valence-corrected chi connectivity index (χ4v) is 2.88. The van der Waals surface area contributed by atoms with Crippen molar-refractivity contribution in [2.24, 2.45) is 0 Å². The maximum Gasteiger partial charge on any atom is 0.262 e. The summed E-state index contributed by atoms with van der Waals surface area (Å²) in [7, 11) is 0. The van der Waals surface area contributed by atoms with E-state index in [-0.39, 0.29) is 18.7 Å². The van der Waals surface area contributed by atoms with Gasteiger partial charge in [0.25, 0.3) is 11.8 Å². The first-order valence-corrected chi connectivity index (χ1v) is 7.88. The molecule has 23 heavy (non-hydrogen) atoms. The van der Waals surface area contributed by atoms with Gasteiger partial charge in [0.15, 0.2) is 0 Å². The zero-order valence-corrected chi connectivity index (χ0v) is 13.5. The van der Waals surface area contributed by atoms with Crippen LogP contribution < -0.4 is 5.32 Å². The molecule has 4 amide bonds. The molecule has 0 spiro atoms. The van der Waals surface area contributed by atoms with Crippen LogP contribution in [0.15, 0.2) is 18.2 Å². The summed E-state index contributed by atoms with van der Waals surface area (Å²) >= 11 is 0. The van der Waals surface area contributed by atoms with E-state index in [0.29, 0.717) is 17.5 Å². The number of benzene rings is 1. The van der Waals surface area contributed by atoms with Crippen LogP contribution in [0.4, 0.5) is 0 Å². The van der Waals surface area contributed by atoms with E-state index in [4.69, 9.17) is 0 Å². The summed E-state index contributed by atoms with van der Waals surface area (Å²) in [4.78, 5) is 49.1. The van der Waals surface area contributed by atoms with Crippen molar-refractivity contribution in [2.45, 2.75) is 46.1 Å². The Morgan fingerprint density at radius 2 is 1.83 bits per heavy atom. The van der Waals surface area contributed by atoms with Gasteiger partial charge in [0.05, 0.1) is 11.1 Å². The molecule has 1 unspecified atom stereocenters. The molecule has 0 saturated carbocycles. The molecule has 1 aromatic rings. The number of hydrogen-bond acceptors (Lipinski definition) is 4. The summed E-state index contributed by atoms with van der Waals surface area (Å²) in [5, 5.41) is 2.18. The van der Waals surface area contributed by atoms with Crippen LogP contribution in [0.3, 0.4) is 0 Å². The standard InChI is InChI=1S/C15H14N2O4.C2H6/c1-2-8-4-3-5-9-12(8)15(21)17(14(9)20)10-6-7-11(18)16-13(10)19;1-2/h3-5,10H,2,6-7H2,1H3,(H,16,18,19);1-2H3. The lowest BCUT2D eigenvalue weighted by molar-refractivity contribution is -0.136. The highest BCUT2D eigenvalue weighted by molar-refractivity contribution is 6.24. The first-order chi connectivity index (χ1) is 11.0. The molecule has 2 heterocycles. The Morgan fingerprint density at radius 3 is 2.43 bits per heavy atom. The van der Waals surface area contributed by atoms with Gasteiger partial charge in [0, 0.05) is 6.42 Å². The Labute approximate surface area is 134 Å². The number of hydrogen-bond donors (Lipinski definition) is 1. The minimum atomic E-state index is -0.903. The average Bonchev–Trinajstić information content (AvgIpc) is 2.81. The van der Waals surface area contributed by atoms with Crippen molar-refractivity contribution >= 4 is 23.6 Å². The molecule has 1 N–H and O–H groups in total. The summed E-state index contributed by atoms with van der Waals surface area (Å²) in [6.45, 7) is 5.90. The van der Waals surface area contributed by atoms with Gasteiger partial charge in [0.2, 0.25) is 11.8 Å². The van der Waals surface area contributed by atoms with Crippen LogP contribution >= 0.6 is 0 Å². The summed E-state index contributed by atoms with van der Waals surface area (Å²) in [6, 6.07) is 4.23. The molecule has 0 bridgehead atoms. The van der Waals surface area contributed by atoms with Crippen molar-refractivity contribution in [1.29, 1.82) is 0 Å². The molecule has 1 aromatic carbocycles. The molecule has 1 atom stereocenters. The number of carbonyl (C=O) groups excluding carboxylic acids is 4. The maximum absolute atomic E-state index is 12.6. The minimum Gasteiger partial charge on any atom is -0.295 e. The molecule has 3 rings (SSSR count). The molecule has 0 aliphatic carbocycles. The third kappa shape index (κ3) is 2.76. The van der Waals surface area contributed by atoms with Crippen LogP contribution in [0.2, 0.25) is 0 Å². The van der Waals surface area contributed by atoms with Crippen molar-refractivity contribution in [3.8, 4) is 0 Å². The SMILES string of the molecule is CC.CCc1cccc2c1C(=O)N(C1CCC(=O)NC1=O)C2=O. The van der Waals surface area contributed by atoms with Crippen LogP contribution in [0.1, 0.15) is 59.9 Å². The average molecular weight is 316 g/mol. The third-order valence-corrected chi connectivity index (χ3v) is 3.94. The van der Waals surface area contributed by atoms with E-state index in [1.54, 1.807) is 18.2 Å². The highest BCUT2D eigenvalue weighted by Gasteiger charge is 2.45. The van der Waals surface area contributed by atoms with E-state index in [0.717, 1.165) is 10.5 Å². The second-order valence-corrected chi connectivity index (χ2v) is 5.14. The van der Waals surface area contributed by atoms with E-state index in [1.807, 2.05) is 20.8 Å². The van der Waals surface area contributed by atoms with Gasteiger partial charge in [-0.2, -0.15) is 0 Å². The van der Waals surface area contributed by atoms with Crippen molar-refractivity contribution in [2.75, 3.05) is 0 Å². The second kappa shape index (κ2) is 6.73. The Kier molecular flexibility index (Phi) is 4.93. The van der Waals surface area contributed by atoms with Gasteiger partial charge in [-0.1, -0.05) is 32.9 Å². The Balaban J connectivity index is 0.000000924. The molecule has 2 aliphatic heterocycles. The van der Waals surface area contributed by atoms with Crippen molar-refractivity contribution < 1.29 is 19.2 Å². The molecule has 0 aromatic heterocycles. The third-order valence-electron chi connectivity index (χ3n) is 3.94. The monoisotopic (exact) mass is 316 g/mol. The smallest absolute Gasteiger partial charge is 0.262 e. The predicted octanol–water partition coefficient (Wildman–Crippen LogP) is 1.68. The largest absolute Gasteiger partial charge is 0.295 e. The van der Waals surface area contributed by atoms with E-state index in [9.17, 15) is 19.2 Å². The minimum absolute atomic E-state index is 0.129. The molecular weight excluding hydrogens is 296 g/mol. The Hall–Kier alpha value is -2.50. The zero-order valence-electron chi connectivity index (χ0n) is 13.5. The predicted molar refractivity (Wildman–Crippen MR) is 83.8 cm³/mol. The van der Waals surface area contributed by atoms with Gasteiger partial charge in [-0.25, -0.2) is 0 Å². The lowest BCUT2D eigenvalue weighted by atomic mass is 10.0. The number of amides is 4. The normalized spacial score (nSPS) is 20.0. The highest BCUT2D eigenvalue weighted by atomic mass is 16.2. The van der Waals surface area contributed by atoms with E-state index >= 15 is 0 Å². The summed E-state index contributed by atoms with van der Waals surface area (Å²) < 4.78 is 0. The van der Waals surface area contributed by atoms with E-state index in [1.165, 1.54) is 0 Å². The van der Waals surface area contributed by atoms with Gasteiger partial charge >= 0.3 is 0 Å². The Morgan fingerprint density at radius 1 is 1.13 bits per heavy atom. The van der Waals surface area contributed by atoms with Gasteiger partial charge < -0.3 is 0 Å². The number of rotatable bonds is 2. The van der Waals surface area contributed by atoms with Gasteiger partial charge in [0.1, 0.15) is 6.04 Å². The van der Waals surface area contributed by atoms with Gasteiger partial charge in [-0.3, -0.25) is 29.4 Å². The molecule has 122 valence electrons. The molecular formula is C17H20N2O4. The first-order valence-electron chi connectivity index (χ1n) is 7.88. The first kappa shape index (κ1) is 16.9. The molecule has 2 aliphatic rings. The summed E-state index contributed by atoms with van der Waals surface area (Å²) in [5.41, 5.74) is 1.51. The lowest BCUT2D eigenvalue weighted by Crippen LogP contribution is -2.54. The molecule has 1 fully saturated rings.